The molecule has 2 rings (SSSR count). The van der Waals surface area contributed by atoms with Crippen molar-refractivity contribution in [2.75, 3.05) is 11.9 Å². The molecule has 6 nitrogen and oxygen atoms in total. The predicted octanol–water partition coefficient (Wildman–Crippen LogP) is 4.34. The molecule has 1 heterocycles. The van der Waals surface area contributed by atoms with Crippen LogP contribution in [0.4, 0.5) is 5.82 Å². The van der Waals surface area contributed by atoms with Gasteiger partial charge in [-0.15, -0.1) is 4.91 Å². The summed E-state index contributed by atoms with van der Waals surface area (Å²) >= 11 is 1.98. The first-order valence-electron chi connectivity index (χ1n) is 6.28. The molecular formula is C13H15IN4O2S. The van der Waals surface area contributed by atoms with E-state index in [0.717, 1.165) is 22.0 Å². The molecule has 0 spiro atoms. The first-order chi connectivity index (χ1) is 10.2. The van der Waals surface area contributed by atoms with E-state index in [1.165, 1.54) is 0 Å². The third kappa shape index (κ3) is 4.03. The van der Waals surface area contributed by atoms with Crippen LogP contribution in [0, 0.1) is 4.91 Å². The third-order valence-electron chi connectivity index (χ3n) is 2.68. The molecule has 112 valence electrons. The molecule has 2 aromatic rings. The predicted molar refractivity (Wildman–Crippen MR) is 96.9 cm³/mol. The normalized spacial score (nSPS) is 12.6. The fourth-order valence-corrected chi connectivity index (χ4v) is 2.40. The Balaban J connectivity index is 2.26. The number of nitroso groups, excluding NO2 is 1. The number of rotatable bonds is 5. The van der Waals surface area contributed by atoms with Gasteiger partial charge in [0.1, 0.15) is 5.75 Å². The summed E-state index contributed by atoms with van der Waals surface area (Å²) in [6, 6.07) is 9.64. The van der Waals surface area contributed by atoms with Crippen molar-refractivity contribution in [2.45, 2.75) is 13.8 Å². The maximum Gasteiger partial charge on any atom is 0.152 e. The summed E-state index contributed by atoms with van der Waals surface area (Å²) in [7, 11) is -0.698. The van der Waals surface area contributed by atoms with E-state index >= 15 is 0 Å². The van der Waals surface area contributed by atoms with Crippen molar-refractivity contribution in [2.24, 2.45) is 4.58 Å². The van der Waals surface area contributed by atoms with Crippen LogP contribution in [0.25, 0.3) is 11.3 Å². The van der Waals surface area contributed by atoms with Gasteiger partial charge in [0.25, 0.3) is 0 Å². The van der Waals surface area contributed by atoms with E-state index in [1.54, 1.807) is 0 Å². The summed E-state index contributed by atoms with van der Waals surface area (Å²) < 4.78 is 8.60. The van der Waals surface area contributed by atoms with Crippen LogP contribution in [-0.4, -0.2) is 21.8 Å². The Morgan fingerprint density at radius 3 is 3.00 bits per heavy atom. The number of nitrogens with one attached hydrogen (secondary N) is 2. The number of aromatic amines is 1. The average Bonchev–Trinajstić information content (AvgIpc) is 2.95. The minimum Gasteiger partial charge on any atom is -0.493 e. The molecule has 1 atom stereocenters. The number of para-hydroxylation sites is 1. The van der Waals surface area contributed by atoms with Crippen molar-refractivity contribution in [3.05, 3.63) is 35.2 Å². The number of H-pyrrole nitrogens is 1. The number of anilines is 1. The molecule has 0 saturated heterocycles. The number of hydrogen-bond acceptors (Lipinski definition) is 4. The van der Waals surface area contributed by atoms with Crippen molar-refractivity contribution in [3.8, 4) is 17.0 Å². The standard InChI is InChI=1S/C13H15IN4O2S/c1-3-20-12-7-5-4-6-10(12)11-8-13(17-16-11)15-9(2)21(14)18-19/h4-8H,3H2,1-2H3,(H2,15,16,17). The number of aromatic nitrogens is 2. The van der Waals surface area contributed by atoms with Gasteiger partial charge in [-0.05, 0) is 26.0 Å². The zero-order valence-electron chi connectivity index (χ0n) is 11.6. The molecule has 1 aromatic carbocycles. The van der Waals surface area contributed by atoms with Gasteiger partial charge in [-0.2, -0.15) is 5.10 Å². The lowest BCUT2D eigenvalue weighted by molar-refractivity contribution is 0.341. The van der Waals surface area contributed by atoms with E-state index in [2.05, 4.69) is 20.1 Å². The highest BCUT2D eigenvalue weighted by atomic mass is 127. The third-order valence-corrected chi connectivity index (χ3v) is 5.88. The highest BCUT2D eigenvalue weighted by Gasteiger charge is 2.09. The second-order valence-corrected chi connectivity index (χ2v) is 7.83. The van der Waals surface area contributed by atoms with Gasteiger partial charge in [0.15, 0.2) is 5.82 Å². The van der Waals surface area contributed by atoms with Crippen LogP contribution in [0.3, 0.4) is 0 Å². The lowest BCUT2D eigenvalue weighted by Crippen LogP contribution is -2.05. The van der Waals surface area contributed by atoms with E-state index in [4.69, 9.17) is 4.74 Å². The number of halogens is 1. The van der Waals surface area contributed by atoms with Gasteiger partial charge in [-0.25, -0.2) is 0 Å². The average molecular weight is 418 g/mol. The second kappa shape index (κ2) is 7.55. The van der Waals surface area contributed by atoms with Gasteiger partial charge < -0.3 is 10.1 Å². The molecule has 0 saturated carbocycles. The Morgan fingerprint density at radius 2 is 2.29 bits per heavy atom. The fraction of sp³-hybridized carbons (Fsp3) is 0.231. The summed E-state index contributed by atoms with van der Waals surface area (Å²) in [6.45, 7) is 4.37. The minimum absolute atomic E-state index is 0.603. The zero-order chi connectivity index (χ0) is 15.2. The Bertz CT molecular complexity index is 672. The second-order valence-electron chi connectivity index (χ2n) is 4.09. The topological polar surface area (TPSA) is 79.4 Å². The van der Waals surface area contributed by atoms with Crippen molar-refractivity contribution >= 4 is 39.9 Å². The number of benzene rings is 1. The molecule has 0 amide bonds. The van der Waals surface area contributed by atoms with E-state index in [1.807, 2.05) is 65.4 Å². The van der Waals surface area contributed by atoms with E-state index in [-0.39, 0.29) is 0 Å². The van der Waals surface area contributed by atoms with Crippen molar-refractivity contribution in [3.63, 3.8) is 0 Å². The van der Waals surface area contributed by atoms with E-state index < -0.39 is 7.84 Å². The molecule has 8 heteroatoms. The molecule has 2 N–H and O–H groups in total. The van der Waals surface area contributed by atoms with Gasteiger partial charge in [0.2, 0.25) is 0 Å². The molecular weight excluding hydrogens is 403 g/mol. The molecule has 0 aliphatic carbocycles. The van der Waals surface area contributed by atoms with E-state index in [0.29, 0.717) is 12.4 Å². The van der Waals surface area contributed by atoms with Crippen molar-refractivity contribution in [1.82, 2.24) is 10.2 Å². The molecule has 1 unspecified atom stereocenters. The number of nitrogens with zero attached hydrogens (tertiary/aromatic N) is 2. The van der Waals surface area contributed by atoms with Crippen LogP contribution in [0.1, 0.15) is 13.8 Å². The molecule has 0 radical (unpaired) electrons. The van der Waals surface area contributed by atoms with Crippen LogP contribution >= 0.6 is 29.0 Å². The molecule has 0 aliphatic rings. The first kappa shape index (κ1) is 16.0. The molecule has 0 bridgehead atoms. The van der Waals surface area contributed by atoms with Gasteiger partial charge in [0.05, 0.1) is 25.1 Å². The highest BCUT2D eigenvalue weighted by Crippen LogP contribution is 2.30. The zero-order valence-corrected chi connectivity index (χ0v) is 14.6. The first-order valence-corrected chi connectivity index (χ1v) is 10.00. The Labute approximate surface area is 137 Å². The summed E-state index contributed by atoms with van der Waals surface area (Å²) in [6.07, 6.45) is 0. The van der Waals surface area contributed by atoms with Crippen LogP contribution < -0.4 is 10.1 Å². The SMILES string of the molecule is CCOc1ccccc1-c1cc(N/C(C)=S(\I)N=O)n[nH]1. The summed E-state index contributed by atoms with van der Waals surface area (Å²) in [5.41, 5.74) is 1.79. The highest BCUT2D eigenvalue weighted by molar-refractivity contribution is 14.2. The van der Waals surface area contributed by atoms with Crippen LogP contribution in [0.5, 0.6) is 5.75 Å². The minimum atomic E-state index is -0.698. The largest absolute Gasteiger partial charge is 0.493 e. The van der Waals surface area contributed by atoms with Crippen LogP contribution in [0.2, 0.25) is 0 Å². The number of ether oxygens (including phenoxy) is 1. The maximum absolute atomic E-state index is 10.5. The molecule has 1 aromatic heterocycles. The lowest BCUT2D eigenvalue weighted by atomic mass is 10.1. The molecule has 0 fully saturated rings. The van der Waals surface area contributed by atoms with Crippen molar-refractivity contribution in [1.29, 1.82) is 0 Å². The summed E-state index contributed by atoms with van der Waals surface area (Å²) in [4.78, 5) is 11.3. The smallest absolute Gasteiger partial charge is 0.152 e. The van der Waals surface area contributed by atoms with E-state index in [9.17, 15) is 4.91 Å². The molecule has 0 aliphatic heterocycles. The van der Waals surface area contributed by atoms with Crippen molar-refractivity contribution < 1.29 is 4.74 Å². The Morgan fingerprint density at radius 1 is 1.52 bits per heavy atom. The monoisotopic (exact) mass is 418 g/mol. The van der Waals surface area contributed by atoms with Gasteiger partial charge in [-0.3, -0.25) is 5.10 Å². The fourth-order valence-electron chi connectivity index (χ4n) is 1.77. The van der Waals surface area contributed by atoms with Crippen LogP contribution in [0.15, 0.2) is 34.9 Å². The lowest BCUT2D eigenvalue weighted by Gasteiger charge is -2.07. The molecule has 21 heavy (non-hydrogen) atoms. The summed E-state index contributed by atoms with van der Waals surface area (Å²) in [5, 5.41) is 10.2. The Kier molecular flexibility index (Phi) is 5.74. The maximum atomic E-state index is 10.5. The van der Waals surface area contributed by atoms with Gasteiger partial charge in [-0.1, -0.05) is 12.1 Å². The quantitative estimate of drug-likeness (QED) is 0.430. The van der Waals surface area contributed by atoms with Gasteiger partial charge in [0, 0.05) is 37.4 Å². The number of hydrogen-bond donors (Lipinski definition) is 2. The van der Waals surface area contributed by atoms with Gasteiger partial charge >= 0.3 is 0 Å². The van der Waals surface area contributed by atoms with Crippen LogP contribution in [-0.2, 0) is 0 Å². The Hall–Kier alpha value is -1.42. The summed E-state index contributed by atoms with van der Waals surface area (Å²) in [5.74, 6) is 1.45.